The van der Waals surface area contributed by atoms with E-state index >= 15 is 0 Å². The maximum Gasteiger partial charge on any atom is 0.251 e. The van der Waals surface area contributed by atoms with E-state index in [1.165, 1.54) is 0 Å². The van der Waals surface area contributed by atoms with Gasteiger partial charge in [-0.25, -0.2) is 8.78 Å². The number of likely N-dealkylation sites (N-methyl/N-ethyl adjacent to an activating group) is 1. The number of nitrogens with one attached hydrogen (secondary N) is 1. The Bertz CT molecular complexity index is 483. The van der Waals surface area contributed by atoms with Crippen molar-refractivity contribution in [3.63, 3.8) is 0 Å². The summed E-state index contributed by atoms with van der Waals surface area (Å²) in [5.41, 5.74) is 1.03. The third-order valence-electron chi connectivity index (χ3n) is 3.75. The molecular weight excluding hydrogens is 302 g/mol. The van der Waals surface area contributed by atoms with E-state index in [2.05, 4.69) is 5.32 Å². The standard InChI is InChI=1S/C17H26F2N2O2/c1-4-21(12-16(18)19)9-8-20-17(22)10-13(2)14-6-5-7-15(11-14)23-3/h5-7,11,13,16H,4,8-10,12H2,1-3H3,(H,20,22). The first kappa shape index (κ1) is 19.4. The highest BCUT2D eigenvalue weighted by atomic mass is 19.3. The van der Waals surface area contributed by atoms with Crippen LogP contribution in [0, 0.1) is 0 Å². The van der Waals surface area contributed by atoms with E-state index in [9.17, 15) is 13.6 Å². The van der Waals surface area contributed by atoms with Crippen molar-refractivity contribution in [2.75, 3.05) is 33.3 Å². The predicted molar refractivity (Wildman–Crippen MR) is 87.2 cm³/mol. The molecule has 0 heterocycles. The van der Waals surface area contributed by atoms with Crippen LogP contribution in [0.3, 0.4) is 0 Å². The largest absolute Gasteiger partial charge is 0.497 e. The molecule has 1 rings (SSSR count). The number of halogens is 2. The lowest BCUT2D eigenvalue weighted by Crippen LogP contribution is -2.37. The highest BCUT2D eigenvalue weighted by Crippen LogP contribution is 2.22. The van der Waals surface area contributed by atoms with Gasteiger partial charge in [-0.15, -0.1) is 0 Å². The average molecular weight is 328 g/mol. The summed E-state index contributed by atoms with van der Waals surface area (Å²) in [6.45, 7) is 4.90. The first-order chi connectivity index (χ1) is 11.0. The van der Waals surface area contributed by atoms with Crippen LogP contribution in [0.2, 0.25) is 0 Å². The van der Waals surface area contributed by atoms with Crippen molar-refractivity contribution in [2.24, 2.45) is 0 Å². The molecule has 0 aliphatic rings. The summed E-state index contributed by atoms with van der Waals surface area (Å²) in [4.78, 5) is 13.6. The number of carbonyl (C=O) groups excluding carboxylic acids is 1. The van der Waals surface area contributed by atoms with Crippen molar-refractivity contribution < 1.29 is 18.3 Å². The molecule has 0 aliphatic heterocycles. The fourth-order valence-corrected chi connectivity index (χ4v) is 2.34. The SMILES string of the molecule is CCN(CCNC(=O)CC(C)c1cccc(OC)c1)CC(F)F. The molecule has 0 fully saturated rings. The van der Waals surface area contributed by atoms with Gasteiger partial charge in [0.15, 0.2) is 0 Å². The van der Waals surface area contributed by atoms with Crippen molar-refractivity contribution in [1.29, 1.82) is 0 Å². The lowest BCUT2D eigenvalue weighted by molar-refractivity contribution is -0.121. The molecule has 6 heteroatoms. The van der Waals surface area contributed by atoms with Gasteiger partial charge in [0.05, 0.1) is 13.7 Å². The third kappa shape index (κ3) is 7.41. The molecule has 1 N–H and O–H groups in total. The van der Waals surface area contributed by atoms with Crippen LogP contribution in [0.25, 0.3) is 0 Å². The highest BCUT2D eigenvalue weighted by Gasteiger charge is 2.13. The Labute approximate surface area is 136 Å². The molecule has 0 saturated carbocycles. The summed E-state index contributed by atoms with van der Waals surface area (Å²) in [7, 11) is 1.61. The quantitative estimate of drug-likeness (QED) is 0.718. The third-order valence-corrected chi connectivity index (χ3v) is 3.75. The Balaban J connectivity index is 2.37. The minimum atomic E-state index is -2.35. The summed E-state index contributed by atoms with van der Waals surface area (Å²) in [6.07, 6.45) is -1.99. The number of nitrogens with zero attached hydrogens (tertiary/aromatic N) is 1. The number of hydrogen-bond acceptors (Lipinski definition) is 3. The van der Waals surface area contributed by atoms with E-state index < -0.39 is 6.43 Å². The topological polar surface area (TPSA) is 41.6 Å². The second kappa shape index (κ2) is 10.2. The maximum atomic E-state index is 12.3. The van der Waals surface area contributed by atoms with Gasteiger partial charge in [-0.3, -0.25) is 9.69 Å². The van der Waals surface area contributed by atoms with Gasteiger partial charge in [-0.05, 0) is 30.2 Å². The van der Waals surface area contributed by atoms with Gasteiger partial charge in [-0.2, -0.15) is 0 Å². The number of hydrogen-bond donors (Lipinski definition) is 1. The van der Waals surface area contributed by atoms with Gasteiger partial charge in [0, 0.05) is 19.5 Å². The molecule has 0 spiro atoms. The predicted octanol–water partition coefficient (Wildman–Crippen LogP) is 2.89. The van der Waals surface area contributed by atoms with Crippen molar-refractivity contribution in [3.05, 3.63) is 29.8 Å². The van der Waals surface area contributed by atoms with Crippen LogP contribution in [0.4, 0.5) is 8.78 Å². The van der Waals surface area contributed by atoms with E-state index in [1.54, 1.807) is 12.0 Å². The molecule has 0 aliphatic carbocycles. The number of ether oxygens (including phenoxy) is 1. The number of methoxy groups -OCH3 is 1. The van der Waals surface area contributed by atoms with E-state index in [4.69, 9.17) is 4.74 Å². The normalized spacial score (nSPS) is 12.5. The summed E-state index contributed by atoms with van der Waals surface area (Å²) < 4.78 is 29.9. The molecule has 1 aromatic carbocycles. The first-order valence-electron chi connectivity index (χ1n) is 7.87. The number of carbonyl (C=O) groups is 1. The van der Waals surface area contributed by atoms with Crippen LogP contribution < -0.4 is 10.1 Å². The number of benzene rings is 1. The molecule has 0 radical (unpaired) electrons. The molecule has 1 unspecified atom stereocenters. The smallest absolute Gasteiger partial charge is 0.251 e. The minimum absolute atomic E-state index is 0.0634. The van der Waals surface area contributed by atoms with Crippen LogP contribution in [0.15, 0.2) is 24.3 Å². The molecular formula is C17H26F2N2O2. The Morgan fingerprint density at radius 2 is 2.13 bits per heavy atom. The Morgan fingerprint density at radius 1 is 1.39 bits per heavy atom. The number of rotatable bonds is 10. The zero-order valence-electron chi connectivity index (χ0n) is 14.0. The van der Waals surface area contributed by atoms with Crippen LogP contribution in [-0.4, -0.2) is 50.5 Å². The molecule has 23 heavy (non-hydrogen) atoms. The molecule has 130 valence electrons. The molecule has 1 atom stereocenters. The second-order valence-electron chi connectivity index (χ2n) is 5.52. The van der Waals surface area contributed by atoms with Gasteiger partial charge in [0.2, 0.25) is 5.91 Å². The van der Waals surface area contributed by atoms with Crippen LogP contribution >= 0.6 is 0 Å². The zero-order chi connectivity index (χ0) is 17.2. The van der Waals surface area contributed by atoms with Gasteiger partial charge >= 0.3 is 0 Å². The molecule has 0 bridgehead atoms. The summed E-state index contributed by atoms with van der Waals surface area (Å²) in [6, 6.07) is 7.63. The number of amides is 1. The summed E-state index contributed by atoms with van der Waals surface area (Å²) >= 11 is 0. The molecule has 0 saturated heterocycles. The van der Waals surface area contributed by atoms with Crippen LogP contribution in [-0.2, 0) is 4.79 Å². The number of alkyl halides is 2. The minimum Gasteiger partial charge on any atom is -0.497 e. The van der Waals surface area contributed by atoms with E-state index in [0.29, 0.717) is 26.1 Å². The maximum absolute atomic E-state index is 12.3. The molecule has 0 aromatic heterocycles. The molecule has 1 aromatic rings. The Kier molecular flexibility index (Phi) is 8.55. The van der Waals surface area contributed by atoms with Crippen molar-refractivity contribution in [3.8, 4) is 5.75 Å². The molecule has 4 nitrogen and oxygen atoms in total. The molecule has 1 amide bonds. The van der Waals surface area contributed by atoms with Crippen molar-refractivity contribution >= 4 is 5.91 Å². The van der Waals surface area contributed by atoms with E-state index in [0.717, 1.165) is 11.3 Å². The van der Waals surface area contributed by atoms with Gasteiger partial charge in [-0.1, -0.05) is 26.0 Å². The zero-order valence-corrected chi connectivity index (χ0v) is 14.0. The first-order valence-corrected chi connectivity index (χ1v) is 7.87. The average Bonchev–Trinajstić information content (AvgIpc) is 2.53. The van der Waals surface area contributed by atoms with Gasteiger partial charge in [0.1, 0.15) is 5.75 Å². The van der Waals surface area contributed by atoms with Gasteiger partial charge < -0.3 is 10.1 Å². The van der Waals surface area contributed by atoms with Crippen LogP contribution in [0.5, 0.6) is 5.75 Å². The van der Waals surface area contributed by atoms with Crippen molar-refractivity contribution in [1.82, 2.24) is 10.2 Å². The second-order valence-corrected chi connectivity index (χ2v) is 5.52. The van der Waals surface area contributed by atoms with E-state index in [1.807, 2.05) is 38.1 Å². The summed E-state index contributed by atoms with van der Waals surface area (Å²) in [5, 5.41) is 2.79. The fourth-order valence-electron chi connectivity index (χ4n) is 2.34. The van der Waals surface area contributed by atoms with Crippen LogP contribution in [0.1, 0.15) is 31.7 Å². The lowest BCUT2D eigenvalue weighted by atomic mass is 9.97. The Morgan fingerprint density at radius 3 is 2.74 bits per heavy atom. The van der Waals surface area contributed by atoms with Gasteiger partial charge in [0.25, 0.3) is 6.43 Å². The highest BCUT2D eigenvalue weighted by molar-refractivity contribution is 5.76. The van der Waals surface area contributed by atoms with E-state index in [-0.39, 0.29) is 18.4 Å². The van der Waals surface area contributed by atoms with Crippen molar-refractivity contribution in [2.45, 2.75) is 32.6 Å². The monoisotopic (exact) mass is 328 g/mol. The fraction of sp³-hybridized carbons (Fsp3) is 0.588. The Hall–Kier alpha value is -1.69. The lowest BCUT2D eigenvalue weighted by Gasteiger charge is -2.20. The summed E-state index contributed by atoms with van der Waals surface area (Å²) in [5.74, 6) is 0.752.